The molecular weight excluding hydrogens is 400 g/mol. The summed E-state index contributed by atoms with van der Waals surface area (Å²) in [7, 11) is 2.66. The molecule has 0 spiro atoms. The van der Waals surface area contributed by atoms with E-state index in [0.29, 0.717) is 27.5 Å². The minimum Gasteiger partial charge on any atom is -0.466 e. The summed E-state index contributed by atoms with van der Waals surface area (Å²) < 4.78 is 10.0. The molecule has 0 saturated heterocycles. The molecule has 1 N–H and O–H groups in total. The van der Waals surface area contributed by atoms with Crippen LogP contribution in [0, 0.1) is 13.8 Å². The lowest BCUT2D eigenvalue weighted by molar-refractivity contribution is -0.136. The maximum absolute atomic E-state index is 12.8. The molecule has 0 radical (unpaired) electrons. The van der Waals surface area contributed by atoms with Gasteiger partial charge in [-0.05, 0) is 61.8 Å². The smallest absolute Gasteiger partial charge is 0.338 e. The second kappa shape index (κ2) is 8.67. The van der Waals surface area contributed by atoms with Crippen molar-refractivity contribution >= 4 is 35.0 Å². The first-order chi connectivity index (χ1) is 14.3. The molecule has 1 aliphatic rings. The molecule has 0 bridgehead atoms. The SMILES string of the molecule is COC(=O)C1=C(C)N(c2cc(C)ccc2C)C(=S)NC1c1ccccc1C(=O)OC. The Balaban J connectivity index is 2.23. The molecule has 0 aliphatic carbocycles. The molecule has 0 amide bonds. The Bertz CT molecular complexity index is 1060. The van der Waals surface area contributed by atoms with E-state index < -0.39 is 18.0 Å². The van der Waals surface area contributed by atoms with E-state index in [2.05, 4.69) is 5.32 Å². The number of rotatable bonds is 4. The number of esters is 2. The van der Waals surface area contributed by atoms with Crippen LogP contribution in [0.4, 0.5) is 5.69 Å². The first kappa shape index (κ1) is 21.5. The van der Waals surface area contributed by atoms with Crippen molar-refractivity contribution in [3.8, 4) is 0 Å². The van der Waals surface area contributed by atoms with Gasteiger partial charge in [-0.1, -0.05) is 30.3 Å². The van der Waals surface area contributed by atoms with Gasteiger partial charge >= 0.3 is 11.9 Å². The van der Waals surface area contributed by atoms with Crippen LogP contribution in [0.3, 0.4) is 0 Å². The number of aryl methyl sites for hydroxylation is 2. The summed E-state index contributed by atoms with van der Waals surface area (Å²) >= 11 is 5.69. The minimum atomic E-state index is -0.651. The third-order valence-corrected chi connectivity index (χ3v) is 5.47. The summed E-state index contributed by atoms with van der Waals surface area (Å²) in [5, 5.41) is 3.66. The normalized spacial score (nSPS) is 16.2. The fraction of sp³-hybridized carbons (Fsp3) is 0.261. The van der Waals surface area contributed by atoms with Gasteiger partial charge in [0.1, 0.15) is 0 Å². The van der Waals surface area contributed by atoms with Gasteiger partial charge in [0.2, 0.25) is 0 Å². The van der Waals surface area contributed by atoms with E-state index in [1.54, 1.807) is 24.3 Å². The van der Waals surface area contributed by atoms with Crippen LogP contribution < -0.4 is 10.2 Å². The molecule has 0 saturated carbocycles. The van der Waals surface area contributed by atoms with Crippen molar-refractivity contribution in [2.45, 2.75) is 26.8 Å². The molecule has 2 aromatic carbocycles. The second-order valence-electron chi connectivity index (χ2n) is 7.08. The molecule has 30 heavy (non-hydrogen) atoms. The number of nitrogens with one attached hydrogen (secondary N) is 1. The van der Waals surface area contributed by atoms with E-state index in [1.165, 1.54) is 14.2 Å². The van der Waals surface area contributed by atoms with Crippen molar-refractivity contribution in [2.24, 2.45) is 0 Å². The van der Waals surface area contributed by atoms with Crippen LogP contribution in [-0.4, -0.2) is 31.3 Å². The predicted molar refractivity (Wildman–Crippen MR) is 119 cm³/mol. The number of carbonyl (C=O) groups excluding carboxylic acids is 2. The van der Waals surface area contributed by atoms with Crippen molar-refractivity contribution in [1.29, 1.82) is 0 Å². The lowest BCUT2D eigenvalue weighted by atomic mass is 9.91. The van der Waals surface area contributed by atoms with Crippen LogP contribution in [0.15, 0.2) is 53.7 Å². The zero-order valence-electron chi connectivity index (χ0n) is 17.6. The first-order valence-electron chi connectivity index (χ1n) is 9.44. The van der Waals surface area contributed by atoms with E-state index >= 15 is 0 Å². The highest BCUT2D eigenvalue weighted by atomic mass is 32.1. The molecule has 7 heteroatoms. The highest BCUT2D eigenvalue weighted by Gasteiger charge is 2.37. The lowest BCUT2D eigenvalue weighted by Gasteiger charge is -2.38. The average Bonchev–Trinajstić information content (AvgIpc) is 2.74. The fourth-order valence-corrected chi connectivity index (χ4v) is 4.00. The third-order valence-electron chi connectivity index (χ3n) is 5.17. The minimum absolute atomic E-state index is 0.356. The van der Waals surface area contributed by atoms with E-state index in [-0.39, 0.29) is 0 Å². The van der Waals surface area contributed by atoms with Crippen LogP contribution in [-0.2, 0) is 14.3 Å². The molecule has 3 rings (SSSR count). The Kier molecular flexibility index (Phi) is 6.22. The van der Waals surface area contributed by atoms with Crippen molar-refractivity contribution in [3.63, 3.8) is 0 Å². The third kappa shape index (κ3) is 3.80. The fourth-order valence-electron chi connectivity index (χ4n) is 3.65. The molecule has 0 fully saturated rings. The molecule has 1 aliphatic heterocycles. The number of hydrogen-bond acceptors (Lipinski definition) is 5. The van der Waals surface area contributed by atoms with Crippen molar-refractivity contribution in [3.05, 3.63) is 76.0 Å². The highest BCUT2D eigenvalue weighted by Crippen LogP contribution is 2.36. The number of allylic oxidation sites excluding steroid dienone is 1. The van der Waals surface area contributed by atoms with Gasteiger partial charge < -0.3 is 14.8 Å². The zero-order valence-corrected chi connectivity index (χ0v) is 18.4. The van der Waals surface area contributed by atoms with E-state index in [1.807, 2.05) is 43.9 Å². The average molecular weight is 425 g/mol. The Hall–Kier alpha value is -3.19. The van der Waals surface area contributed by atoms with Crippen LogP contribution in [0.2, 0.25) is 0 Å². The van der Waals surface area contributed by atoms with Crippen LogP contribution in [0.25, 0.3) is 0 Å². The quantitative estimate of drug-likeness (QED) is 0.588. The van der Waals surface area contributed by atoms with Crippen LogP contribution in [0.1, 0.15) is 40.0 Å². The molecule has 0 aromatic heterocycles. The molecule has 1 unspecified atom stereocenters. The first-order valence-corrected chi connectivity index (χ1v) is 9.85. The maximum Gasteiger partial charge on any atom is 0.338 e. The van der Waals surface area contributed by atoms with Gasteiger partial charge in [0, 0.05) is 5.70 Å². The van der Waals surface area contributed by atoms with Gasteiger partial charge in [-0.25, -0.2) is 9.59 Å². The lowest BCUT2D eigenvalue weighted by Crippen LogP contribution is -2.48. The number of benzene rings is 2. The number of hydrogen-bond donors (Lipinski definition) is 1. The summed E-state index contributed by atoms with van der Waals surface area (Å²) in [5.74, 6) is -0.986. The standard InChI is InChI=1S/C23H24N2O4S/c1-13-10-11-14(2)18(12-13)25-15(3)19(22(27)29-5)20(24-23(25)30)16-8-6-7-9-17(16)21(26)28-4/h6-12,20H,1-5H3,(H,24,30). The zero-order chi connectivity index (χ0) is 22.0. The predicted octanol–water partition coefficient (Wildman–Crippen LogP) is 3.97. The molecule has 6 nitrogen and oxygen atoms in total. The van der Waals surface area contributed by atoms with E-state index in [0.717, 1.165) is 16.8 Å². The van der Waals surface area contributed by atoms with Gasteiger partial charge in [-0.2, -0.15) is 0 Å². The summed E-state index contributed by atoms with van der Waals surface area (Å²) in [6.07, 6.45) is 0. The van der Waals surface area contributed by atoms with Gasteiger partial charge in [0.25, 0.3) is 0 Å². The van der Waals surface area contributed by atoms with Gasteiger partial charge in [-0.3, -0.25) is 4.90 Å². The van der Waals surface area contributed by atoms with Crippen molar-refractivity contribution in [2.75, 3.05) is 19.1 Å². The highest BCUT2D eigenvalue weighted by molar-refractivity contribution is 7.80. The van der Waals surface area contributed by atoms with Crippen molar-refractivity contribution < 1.29 is 19.1 Å². The molecule has 156 valence electrons. The second-order valence-corrected chi connectivity index (χ2v) is 7.46. The number of ether oxygens (including phenoxy) is 2. The molecular formula is C23H24N2O4S. The van der Waals surface area contributed by atoms with Crippen molar-refractivity contribution in [1.82, 2.24) is 5.32 Å². The van der Waals surface area contributed by atoms with Gasteiger partial charge in [0.05, 0.1) is 37.1 Å². The van der Waals surface area contributed by atoms with Crippen LogP contribution in [0.5, 0.6) is 0 Å². The number of methoxy groups -OCH3 is 2. The number of thiocarbonyl (C=S) groups is 1. The summed E-state index contributed by atoms with van der Waals surface area (Å²) in [6, 6.07) is 12.4. The molecule has 2 aromatic rings. The van der Waals surface area contributed by atoms with E-state index in [9.17, 15) is 9.59 Å². The molecule has 1 atom stereocenters. The largest absolute Gasteiger partial charge is 0.466 e. The topological polar surface area (TPSA) is 67.9 Å². The number of nitrogens with zero attached hydrogens (tertiary/aromatic N) is 1. The summed E-state index contributed by atoms with van der Waals surface area (Å²) in [5.41, 5.74) is 4.94. The maximum atomic E-state index is 12.8. The Labute approximate surface area is 181 Å². The summed E-state index contributed by atoms with van der Waals surface area (Å²) in [4.78, 5) is 27.0. The number of anilines is 1. The molecule has 1 heterocycles. The Morgan fingerprint density at radius 3 is 2.33 bits per heavy atom. The van der Waals surface area contributed by atoms with Gasteiger partial charge in [-0.15, -0.1) is 0 Å². The van der Waals surface area contributed by atoms with Crippen LogP contribution >= 0.6 is 12.2 Å². The van der Waals surface area contributed by atoms with E-state index in [4.69, 9.17) is 21.7 Å². The Morgan fingerprint density at radius 1 is 1.00 bits per heavy atom. The summed E-state index contributed by atoms with van der Waals surface area (Å²) in [6.45, 7) is 5.81. The monoisotopic (exact) mass is 424 g/mol. The number of carbonyl (C=O) groups is 2. The van der Waals surface area contributed by atoms with Gasteiger partial charge in [0.15, 0.2) is 5.11 Å². The Morgan fingerprint density at radius 2 is 1.67 bits per heavy atom.